The summed E-state index contributed by atoms with van der Waals surface area (Å²) >= 11 is 0. The van der Waals surface area contributed by atoms with Crippen molar-refractivity contribution in [3.05, 3.63) is 17.6 Å². The zero-order valence-corrected chi connectivity index (χ0v) is 8.36. The third-order valence-corrected chi connectivity index (χ3v) is 2.61. The van der Waals surface area contributed by atoms with Crippen LogP contribution in [0.15, 0.2) is 11.1 Å². The maximum atomic E-state index is 12.6. The molecule has 0 radical (unpaired) electrons. The lowest BCUT2D eigenvalue weighted by molar-refractivity contribution is 0.145. The molecule has 1 aromatic rings. The van der Waals surface area contributed by atoms with Crippen LogP contribution in [0.2, 0.25) is 0 Å². The van der Waals surface area contributed by atoms with Crippen LogP contribution in [0.1, 0.15) is 12.0 Å². The van der Waals surface area contributed by atoms with E-state index in [1.54, 1.807) is 0 Å². The first-order valence-corrected chi connectivity index (χ1v) is 5.66. The summed E-state index contributed by atoms with van der Waals surface area (Å²) in [6, 6.07) is 0.228. The Morgan fingerprint density at radius 1 is 1.47 bits per heavy atom. The molecule has 0 bridgehead atoms. The Hall–Kier alpha value is -1.02. The average molecular weight is 262 g/mol. The molecule has 1 N–H and O–H groups in total. The van der Waals surface area contributed by atoms with Crippen LogP contribution in [0.3, 0.4) is 0 Å². The van der Waals surface area contributed by atoms with E-state index in [4.69, 9.17) is 15.8 Å². The van der Waals surface area contributed by atoms with Gasteiger partial charge in [-0.3, -0.25) is 0 Å². The number of alkyl halides is 2. The molecule has 0 aliphatic carbocycles. The monoisotopic (exact) mass is 261 g/mol. The molecule has 0 unspecified atom stereocenters. The summed E-state index contributed by atoms with van der Waals surface area (Å²) in [6.45, 7) is 0. The van der Waals surface area contributed by atoms with Crippen LogP contribution < -0.4 is 0 Å². The minimum absolute atomic E-state index is 0.228. The molecule has 1 aromatic heterocycles. The second-order valence-corrected chi connectivity index (χ2v) is 4.91. The maximum Gasteiger partial charge on any atom is 0.282 e. The number of hydrogen-bond donors (Lipinski definition) is 1. The van der Waals surface area contributed by atoms with Gasteiger partial charge in [-0.1, -0.05) is 0 Å². The molecule has 0 aliphatic rings. The zero-order valence-electron chi connectivity index (χ0n) is 6.79. The normalized spacial score (nSPS) is 12.1. The van der Waals surface area contributed by atoms with Gasteiger partial charge in [0.15, 0.2) is 5.75 Å². The largest absolute Gasteiger partial charge is 0.505 e. The Labute approximate surface area is 86.7 Å². The molecular weight excluding hydrogens is 259 g/mol. The molecule has 4 nitrogen and oxygen atoms in total. The van der Waals surface area contributed by atoms with Crippen LogP contribution in [0.4, 0.5) is 13.2 Å². The van der Waals surface area contributed by atoms with Gasteiger partial charge in [-0.25, -0.2) is 22.2 Å². The lowest BCUT2D eigenvalue weighted by atomic mass is 10.2. The highest BCUT2D eigenvalue weighted by Gasteiger charge is 2.25. The first-order valence-electron chi connectivity index (χ1n) is 3.35. The van der Waals surface area contributed by atoms with Gasteiger partial charge in [0.1, 0.15) is 0 Å². The SMILES string of the molecule is O=S(=O)(Cl)c1nc(F)cc(C(F)F)c1O. The highest BCUT2D eigenvalue weighted by atomic mass is 35.7. The lowest BCUT2D eigenvalue weighted by Crippen LogP contribution is -2.01. The fraction of sp³-hybridized carbons (Fsp3) is 0.167. The van der Waals surface area contributed by atoms with E-state index in [1.807, 2.05) is 0 Å². The molecule has 84 valence electrons. The molecule has 0 aromatic carbocycles. The van der Waals surface area contributed by atoms with Gasteiger partial charge in [-0.2, -0.15) is 4.39 Å². The molecule has 9 heteroatoms. The van der Waals surface area contributed by atoms with Gasteiger partial charge in [0.05, 0.1) is 5.56 Å². The fourth-order valence-corrected chi connectivity index (χ4v) is 1.71. The Balaban J connectivity index is 3.56. The first-order chi connectivity index (χ1) is 6.73. The molecule has 1 rings (SSSR count). The van der Waals surface area contributed by atoms with Gasteiger partial charge in [0.2, 0.25) is 11.0 Å². The summed E-state index contributed by atoms with van der Waals surface area (Å²) in [4.78, 5) is 2.72. The number of aromatic hydroxyl groups is 1. The van der Waals surface area contributed by atoms with Crippen molar-refractivity contribution < 1.29 is 26.7 Å². The van der Waals surface area contributed by atoms with Crippen molar-refractivity contribution in [2.45, 2.75) is 11.5 Å². The summed E-state index contributed by atoms with van der Waals surface area (Å²) in [5.74, 6) is -2.82. The van der Waals surface area contributed by atoms with Crippen LogP contribution in [-0.2, 0) is 9.05 Å². The molecule has 0 spiro atoms. The molecule has 0 aliphatic heterocycles. The van der Waals surface area contributed by atoms with E-state index in [2.05, 4.69) is 4.98 Å². The molecule has 0 saturated heterocycles. The number of pyridine rings is 1. The number of rotatable bonds is 2. The van der Waals surface area contributed by atoms with Gasteiger partial charge in [-0.05, 0) is 0 Å². The Morgan fingerprint density at radius 2 is 2.00 bits per heavy atom. The Bertz CT molecular complexity index is 491. The van der Waals surface area contributed by atoms with Gasteiger partial charge in [-0.15, -0.1) is 0 Å². The van der Waals surface area contributed by atoms with E-state index in [-0.39, 0.29) is 6.07 Å². The topological polar surface area (TPSA) is 67.3 Å². The quantitative estimate of drug-likeness (QED) is 0.651. The van der Waals surface area contributed by atoms with E-state index in [9.17, 15) is 21.6 Å². The van der Waals surface area contributed by atoms with E-state index in [0.717, 1.165) is 0 Å². The first kappa shape index (κ1) is 12.1. The molecule has 0 saturated carbocycles. The summed E-state index contributed by atoms with van der Waals surface area (Å²) in [5, 5.41) is 7.73. The number of halogens is 4. The fourth-order valence-electron chi connectivity index (χ4n) is 0.839. The standard InChI is InChI=1S/C6H3ClF3NO3S/c7-15(13,14)6-4(12)2(5(9)10)1-3(8)11-6/h1,5,12H. The third-order valence-electron chi connectivity index (χ3n) is 1.43. The van der Waals surface area contributed by atoms with Gasteiger partial charge >= 0.3 is 0 Å². The second kappa shape index (κ2) is 3.86. The van der Waals surface area contributed by atoms with Crippen LogP contribution in [-0.4, -0.2) is 18.5 Å². The lowest BCUT2D eigenvalue weighted by Gasteiger charge is -2.05. The summed E-state index contributed by atoms with van der Waals surface area (Å²) in [7, 11) is 0.176. The smallest absolute Gasteiger partial charge is 0.282 e. The van der Waals surface area contributed by atoms with Crippen LogP contribution >= 0.6 is 10.7 Å². The van der Waals surface area contributed by atoms with E-state index in [1.165, 1.54) is 0 Å². The van der Waals surface area contributed by atoms with Crippen molar-refractivity contribution >= 4 is 19.7 Å². The van der Waals surface area contributed by atoms with Crippen molar-refractivity contribution in [3.63, 3.8) is 0 Å². The molecular formula is C6H3ClF3NO3S. The number of hydrogen-bond acceptors (Lipinski definition) is 4. The highest BCUT2D eigenvalue weighted by Crippen LogP contribution is 2.34. The van der Waals surface area contributed by atoms with E-state index < -0.39 is 37.8 Å². The van der Waals surface area contributed by atoms with Crippen LogP contribution in [0, 0.1) is 5.95 Å². The van der Waals surface area contributed by atoms with Crippen molar-refractivity contribution in [1.82, 2.24) is 4.98 Å². The molecule has 0 fully saturated rings. The Morgan fingerprint density at radius 3 is 2.40 bits per heavy atom. The van der Waals surface area contributed by atoms with E-state index in [0.29, 0.717) is 0 Å². The minimum atomic E-state index is -4.57. The number of nitrogens with zero attached hydrogens (tertiary/aromatic N) is 1. The van der Waals surface area contributed by atoms with Crippen LogP contribution in [0.5, 0.6) is 5.75 Å². The molecule has 1 heterocycles. The average Bonchev–Trinajstić information content (AvgIpc) is 2.06. The summed E-state index contributed by atoms with van der Waals surface area (Å²) < 4.78 is 58.4. The van der Waals surface area contributed by atoms with Crippen LogP contribution in [0.25, 0.3) is 0 Å². The van der Waals surface area contributed by atoms with Crippen molar-refractivity contribution in [2.75, 3.05) is 0 Å². The van der Waals surface area contributed by atoms with Gasteiger partial charge < -0.3 is 5.11 Å². The van der Waals surface area contributed by atoms with Gasteiger partial charge in [0, 0.05) is 16.7 Å². The Kier molecular flexibility index (Phi) is 3.10. The predicted octanol–water partition coefficient (Wildman–Crippen LogP) is 1.79. The molecule has 0 amide bonds. The number of aromatic nitrogens is 1. The minimum Gasteiger partial charge on any atom is -0.505 e. The van der Waals surface area contributed by atoms with Crippen molar-refractivity contribution in [3.8, 4) is 5.75 Å². The van der Waals surface area contributed by atoms with Gasteiger partial charge in [0.25, 0.3) is 15.5 Å². The highest BCUT2D eigenvalue weighted by molar-refractivity contribution is 8.13. The second-order valence-electron chi connectivity index (χ2n) is 2.43. The maximum absolute atomic E-state index is 12.6. The zero-order chi connectivity index (χ0) is 11.8. The summed E-state index contributed by atoms with van der Waals surface area (Å²) in [5.41, 5.74) is -1.18. The van der Waals surface area contributed by atoms with Crippen molar-refractivity contribution in [2.24, 2.45) is 0 Å². The van der Waals surface area contributed by atoms with Crippen molar-refractivity contribution in [1.29, 1.82) is 0 Å². The molecule has 0 atom stereocenters. The molecule has 15 heavy (non-hydrogen) atoms. The van der Waals surface area contributed by atoms with E-state index >= 15 is 0 Å². The summed E-state index contributed by atoms with van der Waals surface area (Å²) in [6.07, 6.45) is -3.24. The third kappa shape index (κ3) is 2.51. The predicted molar refractivity (Wildman–Crippen MR) is 43.9 cm³/mol.